The summed E-state index contributed by atoms with van der Waals surface area (Å²) in [6, 6.07) is 67.6. The Kier molecular flexibility index (Phi) is 7.22. The molecule has 2 aromatic heterocycles. The number of fused-ring (bicyclic) bond motifs is 6. The lowest BCUT2D eigenvalue weighted by molar-refractivity contribution is 1.16. The molecule has 2 heterocycles. The predicted octanol–water partition coefficient (Wildman–Crippen LogP) is 12.6. The molecule has 10 rings (SSSR count). The molecule has 0 atom stereocenters. The van der Waals surface area contributed by atoms with Crippen LogP contribution in [0.1, 0.15) is 11.1 Å². The van der Waals surface area contributed by atoms with Crippen LogP contribution >= 0.6 is 0 Å². The zero-order valence-electron chi connectivity index (χ0n) is 29.1. The smallest absolute Gasteiger partial charge is 0.102 e. The summed E-state index contributed by atoms with van der Waals surface area (Å²) in [5.74, 6) is 0. The summed E-state index contributed by atoms with van der Waals surface area (Å²) in [6.07, 6.45) is 0. The van der Waals surface area contributed by atoms with Crippen LogP contribution in [-0.2, 0) is 0 Å². The second kappa shape index (κ2) is 12.5. The molecule has 4 nitrogen and oxygen atoms in total. The van der Waals surface area contributed by atoms with Gasteiger partial charge in [-0.25, -0.2) is 0 Å². The highest BCUT2D eigenvalue weighted by molar-refractivity contribution is 6.12. The highest BCUT2D eigenvalue weighted by Crippen LogP contribution is 2.41. The van der Waals surface area contributed by atoms with Crippen molar-refractivity contribution in [2.24, 2.45) is 0 Å². The molecule has 0 aliphatic rings. The molecular formula is C50H30N4. The van der Waals surface area contributed by atoms with E-state index in [2.05, 4.69) is 143 Å². The van der Waals surface area contributed by atoms with E-state index in [0.717, 1.165) is 77.2 Å². The third kappa shape index (κ3) is 4.76. The van der Waals surface area contributed by atoms with Gasteiger partial charge in [-0.3, -0.25) is 0 Å². The SMILES string of the molecule is N#Cc1c(-c2cccc(-n3c4ccccc4c4ccc(-c5ccccc5)cc43)c2C#N)cccc1-n1c2ccccc2c2cc(-c3ccccc3)ccc21. The molecule has 10 aromatic rings. The molecule has 250 valence electrons. The van der Waals surface area contributed by atoms with E-state index < -0.39 is 0 Å². The number of para-hydroxylation sites is 2. The first-order valence-electron chi connectivity index (χ1n) is 18.0. The molecule has 8 aromatic carbocycles. The summed E-state index contributed by atoms with van der Waals surface area (Å²) in [4.78, 5) is 0. The molecule has 0 unspecified atom stereocenters. The van der Waals surface area contributed by atoms with Crippen molar-refractivity contribution in [2.45, 2.75) is 0 Å². The second-order valence-corrected chi connectivity index (χ2v) is 13.5. The number of nitrogens with zero attached hydrogens (tertiary/aromatic N) is 4. The quantitative estimate of drug-likeness (QED) is 0.181. The number of rotatable bonds is 5. The van der Waals surface area contributed by atoms with Crippen LogP contribution in [0.15, 0.2) is 182 Å². The Labute approximate surface area is 312 Å². The van der Waals surface area contributed by atoms with Crippen molar-refractivity contribution in [3.63, 3.8) is 0 Å². The molecule has 0 radical (unpaired) electrons. The Balaban J connectivity index is 1.20. The summed E-state index contributed by atoms with van der Waals surface area (Å²) in [5, 5.41) is 26.4. The molecular weight excluding hydrogens is 657 g/mol. The Morgan fingerprint density at radius 2 is 0.759 bits per heavy atom. The van der Waals surface area contributed by atoms with E-state index in [4.69, 9.17) is 0 Å². The number of hydrogen-bond donors (Lipinski definition) is 0. The Morgan fingerprint density at radius 1 is 0.315 bits per heavy atom. The van der Waals surface area contributed by atoms with Gasteiger partial charge < -0.3 is 9.13 Å². The van der Waals surface area contributed by atoms with E-state index in [-0.39, 0.29) is 0 Å². The molecule has 4 heteroatoms. The summed E-state index contributed by atoms with van der Waals surface area (Å²) in [7, 11) is 0. The highest BCUT2D eigenvalue weighted by Gasteiger charge is 2.22. The summed E-state index contributed by atoms with van der Waals surface area (Å²) in [6.45, 7) is 0. The lowest BCUT2D eigenvalue weighted by atomic mass is 9.94. The zero-order chi connectivity index (χ0) is 36.2. The van der Waals surface area contributed by atoms with Crippen LogP contribution in [0.3, 0.4) is 0 Å². The maximum atomic E-state index is 11.0. The van der Waals surface area contributed by atoms with E-state index in [1.807, 2.05) is 60.7 Å². The number of nitriles is 2. The van der Waals surface area contributed by atoms with Crippen LogP contribution in [0.4, 0.5) is 0 Å². The maximum absolute atomic E-state index is 11.0. The van der Waals surface area contributed by atoms with Crippen molar-refractivity contribution in [2.75, 3.05) is 0 Å². The Morgan fingerprint density at radius 3 is 1.33 bits per heavy atom. The van der Waals surface area contributed by atoms with Gasteiger partial charge in [-0.15, -0.1) is 0 Å². The number of aromatic nitrogens is 2. The predicted molar refractivity (Wildman–Crippen MR) is 221 cm³/mol. The van der Waals surface area contributed by atoms with Crippen LogP contribution in [0.2, 0.25) is 0 Å². The first-order valence-corrected chi connectivity index (χ1v) is 18.0. The molecule has 0 aliphatic carbocycles. The van der Waals surface area contributed by atoms with E-state index in [0.29, 0.717) is 22.3 Å². The van der Waals surface area contributed by atoms with E-state index in [1.54, 1.807) is 0 Å². The van der Waals surface area contributed by atoms with Crippen molar-refractivity contribution in [1.82, 2.24) is 9.13 Å². The Bertz CT molecular complexity index is 3170. The van der Waals surface area contributed by atoms with E-state index >= 15 is 0 Å². The van der Waals surface area contributed by atoms with Crippen molar-refractivity contribution < 1.29 is 0 Å². The summed E-state index contributed by atoms with van der Waals surface area (Å²) >= 11 is 0. The molecule has 54 heavy (non-hydrogen) atoms. The van der Waals surface area contributed by atoms with Gasteiger partial charge in [0.15, 0.2) is 0 Å². The lowest BCUT2D eigenvalue weighted by Crippen LogP contribution is -2.02. The number of hydrogen-bond acceptors (Lipinski definition) is 2. The molecule has 0 amide bonds. The van der Waals surface area contributed by atoms with Crippen LogP contribution in [-0.4, -0.2) is 9.13 Å². The van der Waals surface area contributed by atoms with Crippen molar-refractivity contribution in [3.8, 4) is 56.9 Å². The minimum absolute atomic E-state index is 0.508. The molecule has 0 spiro atoms. The molecule has 0 saturated heterocycles. The topological polar surface area (TPSA) is 57.4 Å². The van der Waals surface area contributed by atoms with Gasteiger partial charge in [0.1, 0.15) is 12.1 Å². The summed E-state index contributed by atoms with van der Waals surface area (Å²) in [5.41, 5.74) is 12.6. The third-order valence-electron chi connectivity index (χ3n) is 10.6. The minimum atomic E-state index is 0.508. The Hall–Kier alpha value is -7.66. The van der Waals surface area contributed by atoms with Crippen LogP contribution < -0.4 is 0 Å². The highest BCUT2D eigenvalue weighted by atomic mass is 15.0. The first-order chi connectivity index (χ1) is 26.7. The third-order valence-corrected chi connectivity index (χ3v) is 10.6. The van der Waals surface area contributed by atoms with Gasteiger partial charge >= 0.3 is 0 Å². The molecule has 0 aliphatic heterocycles. The average molecular weight is 687 g/mol. The van der Waals surface area contributed by atoms with Crippen LogP contribution in [0.5, 0.6) is 0 Å². The molecule has 0 N–H and O–H groups in total. The first kappa shape index (κ1) is 31.1. The fourth-order valence-corrected chi connectivity index (χ4v) is 8.22. The van der Waals surface area contributed by atoms with Crippen LogP contribution in [0.25, 0.3) is 88.4 Å². The average Bonchev–Trinajstić information content (AvgIpc) is 3.75. The van der Waals surface area contributed by atoms with Gasteiger partial charge in [0.2, 0.25) is 0 Å². The van der Waals surface area contributed by atoms with Crippen LogP contribution in [0, 0.1) is 22.7 Å². The monoisotopic (exact) mass is 686 g/mol. The van der Waals surface area contributed by atoms with Gasteiger partial charge in [0.25, 0.3) is 0 Å². The maximum Gasteiger partial charge on any atom is 0.102 e. The van der Waals surface area contributed by atoms with Crippen molar-refractivity contribution >= 4 is 43.6 Å². The number of benzene rings is 8. The fraction of sp³-hybridized carbons (Fsp3) is 0. The van der Waals surface area contributed by atoms with E-state index in [1.165, 1.54) is 0 Å². The normalized spacial score (nSPS) is 11.3. The lowest BCUT2D eigenvalue weighted by Gasteiger charge is -2.17. The van der Waals surface area contributed by atoms with Gasteiger partial charge in [0.05, 0.1) is 44.6 Å². The second-order valence-electron chi connectivity index (χ2n) is 13.5. The van der Waals surface area contributed by atoms with Crippen molar-refractivity contribution in [1.29, 1.82) is 10.5 Å². The van der Waals surface area contributed by atoms with Gasteiger partial charge in [-0.05, 0) is 64.7 Å². The van der Waals surface area contributed by atoms with E-state index in [9.17, 15) is 10.5 Å². The zero-order valence-corrected chi connectivity index (χ0v) is 29.1. The standard InChI is InChI=1S/C50H30N4/c51-31-43-37(19-11-23-47(43)53-46-22-10-8-18-40(46)42-29-35(26-28-49(42)53)33-13-3-1-4-14-33)38-20-12-24-48(44(38)32-52)54-45-21-9-7-17-39(45)41-27-25-36(30-50(41)54)34-15-5-2-6-16-34/h1-30H. The molecule has 0 saturated carbocycles. The summed E-state index contributed by atoms with van der Waals surface area (Å²) < 4.78 is 4.39. The largest absolute Gasteiger partial charge is 0.308 e. The van der Waals surface area contributed by atoms with Crippen molar-refractivity contribution in [3.05, 3.63) is 193 Å². The van der Waals surface area contributed by atoms with Gasteiger partial charge in [0, 0.05) is 32.7 Å². The van der Waals surface area contributed by atoms with Gasteiger partial charge in [-0.2, -0.15) is 10.5 Å². The fourth-order valence-electron chi connectivity index (χ4n) is 8.22. The van der Waals surface area contributed by atoms with Gasteiger partial charge in [-0.1, -0.05) is 140 Å². The molecule has 0 bridgehead atoms. The molecule has 0 fully saturated rings. The minimum Gasteiger partial charge on any atom is -0.308 e.